The van der Waals surface area contributed by atoms with Gasteiger partial charge in [-0.2, -0.15) is 0 Å². The van der Waals surface area contributed by atoms with E-state index in [0.717, 1.165) is 22.9 Å². The van der Waals surface area contributed by atoms with Gasteiger partial charge in [-0.25, -0.2) is 9.97 Å². The summed E-state index contributed by atoms with van der Waals surface area (Å²) in [6.45, 7) is 27.9. The molecule has 0 radical (unpaired) electrons. The molecule has 2 aromatic rings. The fourth-order valence-electron chi connectivity index (χ4n) is 3.29. The van der Waals surface area contributed by atoms with Crippen molar-refractivity contribution in [3.05, 3.63) is 50.9 Å². The van der Waals surface area contributed by atoms with Gasteiger partial charge in [0, 0.05) is 27.9 Å². The van der Waals surface area contributed by atoms with E-state index in [1.165, 1.54) is 27.9 Å². The largest absolute Gasteiger partial charge is 0.257 e. The Bertz CT molecular complexity index is 819. The molecule has 2 rings (SSSR count). The standard InChI is InChI=1S/C13H21N.C11H18N2.CH4/c1-8-9(2)11(4)14-12(10(8)3)13(5,6)7;1-7-8(2)12-9(3)13-10(7)11(4,5)6;/h1-7H3;1-6H3;1H4. The molecule has 0 spiro atoms. The smallest absolute Gasteiger partial charge is 0.125 e. The number of hydrogen-bond acceptors (Lipinski definition) is 3. The third-order valence-electron chi connectivity index (χ3n) is 5.22. The van der Waals surface area contributed by atoms with Crippen molar-refractivity contribution >= 4 is 0 Å². The zero-order valence-corrected chi connectivity index (χ0v) is 19.8. The average molecular weight is 386 g/mol. The Morgan fingerprint density at radius 3 is 1.29 bits per heavy atom. The molecular weight excluding hydrogens is 342 g/mol. The van der Waals surface area contributed by atoms with Gasteiger partial charge in [0.25, 0.3) is 0 Å². The Morgan fingerprint density at radius 2 is 0.857 bits per heavy atom. The van der Waals surface area contributed by atoms with Crippen molar-refractivity contribution in [2.24, 2.45) is 0 Å². The molecule has 0 bridgehead atoms. The Hall–Kier alpha value is -1.77. The predicted molar refractivity (Wildman–Crippen MR) is 124 cm³/mol. The van der Waals surface area contributed by atoms with Crippen LogP contribution in [0.5, 0.6) is 0 Å². The van der Waals surface area contributed by atoms with E-state index in [2.05, 4.69) is 86.1 Å². The third kappa shape index (κ3) is 6.12. The first-order chi connectivity index (χ1) is 12.1. The van der Waals surface area contributed by atoms with Crippen LogP contribution in [0.25, 0.3) is 0 Å². The van der Waals surface area contributed by atoms with Crippen molar-refractivity contribution in [2.45, 2.75) is 108 Å². The van der Waals surface area contributed by atoms with Crippen LogP contribution >= 0.6 is 0 Å². The lowest BCUT2D eigenvalue weighted by Crippen LogP contribution is -2.17. The molecule has 0 amide bonds. The minimum absolute atomic E-state index is 0. The van der Waals surface area contributed by atoms with Gasteiger partial charge in [0.05, 0.1) is 5.69 Å². The maximum Gasteiger partial charge on any atom is 0.125 e. The van der Waals surface area contributed by atoms with Crippen LogP contribution in [0.15, 0.2) is 0 Å². The van der Waals surface area contributed by atoms with Gasteiger partial charge >= 0.3 is 0 Å². The summed E-state index contributed by atoms with van der Waals surface area (Å²) in [6, 6.07) is 0. The van der Waals surface area contributed by atoms with Gasteiger partial charge in [0.1, 0.15) is 5.82 Å². The van der Waals surface area contributed by atoms with E-state index in [1.54, 1.807) is 0 Å². The first-order valence-electron chi connectivity index (χ1n) is 9.84. The van der Waals surface area contributed by atoms with E-state index in [-0.39, 0.29) is 18.3 Å². The number of nitrogens with zero attached hydrogens (tertiary/aromatic N) is 3. The molecule has 158 valence electrons. The lowest BCUT2D eigenvalue weighted by atomic mass is 9.86. The first kappa shape index (κ1) is 26.2. The molecule has 3 nitrogen and oxygen atoms in total. The molecule has 0 saturated heterocycles. The SMILES string of the molecule is C.Cc1nc(C(C)(C)C)c(C)c(C)c1C.Cc1nc(C)c(C)c(C(C)(C)C)n1. The van der Waals surface area contributed by atoms with Crippen LogP contribution in [0, 0.1) is 48.5 Å². The zero-order chi connectivity index (χ0) is 21.3. The molecule has 2 aromatic heterocycles. The lowest BCUT2D eigenvalue weighted by molar-refractivity contribution is 0.557. The molecule has 0 aromatic carbocycles. The van der Waals surface area contributed by atoms with Gasteiger partial charge in [-0.3, -0.25) is 4.98 Å². The number of rotatable bonds is 0. The van der Waals surface area contributed by atoms with Crippen LogP contribution in [-0.2, 0) is 10.8 Å². The number of aromatic nitrogens is 3. The summed E-state index contributed by atoms with van der Waals surface area (Å²) in [5, 5.41) is 0. The maximum absolute atomic E-state index is 4.70. The highest BCUT2D eigenvalue weighted by Crippen LogP contribution is 2.28. The van der Waals surface area contributed by atoms with Crippen LogP contribution in [0.4, 0.5) is 0 Å². The van der Waals surface area contributed by atoms with Gasteiger partial charge in [-0.15, -0.1) is 0 Å². The molecule has 0 aliphatic heterocycles. The lowest BCUT2D eigenvalue weighted by Gasteiger charge is -2.23. The van der Waals surface area contributed by atoms with Crippen molar-refractivity contribution in [1.29, 1.82) is 0 Å². The van der Waals surface area contributed by atoms with E-state index < -0.39 is 0 Å². The minimum Gasteiger partial charge on any atom is -0.257 e. The molecule has 0 fully saturated rings. The van der Waals surface area contributed by atoms with E-state index in [1.807, 2.05) is 13.8 Å². The topological polar surface area (TPSA) is 38.7 Å². The summed E-state index contributed by atoms with van der Waals surface area (Å²) in [5.74, 6) is 0.869. The number of aryl methyl sites for hydroxylation is 3. The minimum atomic E-state index is 0. The summed E-state index contributed by atoms with van der Waals surface area (Å²) >= 11 is 0. The highest BCUT2D eigenvalue weighted by Gasteiger charge is 2.21. The van der Waals surface area contributed by atoms with Crippen molar-refractivity contribution in [2.75, 3.05) is 0 Å². The highest BCUT2D eigenvalue weighted by molar-refractivity contribution is 5.40. The Labute approximate surface area is 174 Å². The summed E-state index contributed by atoms with van der Waals surface area (Å²) < 4.78 is 0. The molecule has 0 aliphatic carbocycles. The maximum atomic E-state index is 4.70. The van der Waals surface area contributed by atoms with Crippen molar-refractivity contribution < 1.29 is 0 Å². The normalized spacial score (nSPS) is 11.5. The Morgan fingerprint density at radius 1 is 0.464 bits per heavy atom. The van der Waals surface area contributed by atoms with E-state index in [4.69, 9.17) is 4.98 Å². The molecular formula is C25H43N3. The van der Waals surface area contributed by atoms with E-state index in [0.29, 0.717) is 0 Å². The predicted octanol–water partition coefficient (Wildman–Crippen LogP) is 6.95. The molecule has 0 saturated carbocycles. The van der Waals surface area contributed by atoms with Crippen LogP contribution in [0.3, 0.4) is 0 Å². The second-order valence-electron chi connectivity index (χ2n) is 9.75. The monoisotopic (exact) mass is 385 g/mol. The molecule has 0 atom stereocenters. The zero-order valence-electron chi connectivity index (χ0n) is 19.8. The van der Waals surface area contributed by atoms with E-state index >= 15 is 0 Å². The van der Waals surface area contributed by atoms with Gasteiger partial charge < -0.3 is 0 Å². The highest BCUT2D eigenvalue weighted by atomic mass is 14.9. The van der Waals surface area contributed by atoms with Gasteiger partial charge in [0.2, 0.25) is 0 Å². The summed E-state index contributed by atoms with van der Waals surface area (Å²) in [5.41, 5.74) is 10.2. The molecule has 0 unspecified atom stereocenters. The average Bonchev–Trinajstić information content (AvgIpc) is 2.50. The molecule has 28 heavy (non-hydrogen) atoms. The van der Waals surface area contributed by atoms with Gasteiger partial charge in [-0.05, 0) is 70.7 Å². The van der Waals surface area contributed by atoms with Crippen LogP contribution in [-0.4, -0.2) is 15.0 Å². The van der Waals surface area contributed by atoms with Crippen LogP contribution in [0.2, 0.25) is 0 Å². The quantitative estimate of drug-likeness (QED) is 0.492. The number of hydrogen-bond donors (Lipinski definition) is 0. The second kappa shape index (κ2) is 9.15. The van der Waals surface area contributed by atoms with Crippen molar-refractivity contribution in [1.82, 2.24) is 15.0 Å². The molecule has 0 aliphatic rings. The van der Waals surface area contributed by atoms with Gasteiger partial charge in [-0.1, -0.05) is 49.0 Å². The summed E-state index contributed by atoms with van der Waals surface area (Å²) in [7, 11) is 0. The summed E-state index contributed by atoms with van der Waals surface area (Å²) in [6.07, 6.45) is 0. The third-order valence-corrected chi connectivity index (χ3v) is 5.22. The fraction of sp³-hybridized carbons (Fsp3) is 0.640. The molecule has 3 heteroatoms. The molecule has 0 N–H and O–H groups in total. The first-order valence-corrected chi connectivity index (χ1v) is 9.84. The van der Waals surface area contributed by atoms with Crippen LogP contribution in [0.1, 0.15) is 99.8 Å². The van der Waals surface area contributed by atoms with E-state index in [9.17, 15) is 0 Å². The Balaban J connectivity index is 0.000000504. The van der Waals surface area contributed by atoms with Crippen molar-refractivity contribution in [3.8, 4) is 0 Å². The molecule has 2 heterocycles. The number of pyridine rings is 1. The Kier molecular flexibility index (Phi) is 8.57. The fourth-order valence-corrected chi connectivity index (χ4v) is 3.29. The van der Waals surface area contributed by atoms with Crippen molar-refractivity contribution in [3.63, 3.8) is 0 Å². The van der Waals surface area contributed by atoms with Crippen LogP contribution < -0.4 is 0 Å². The second-order valence-corrected chi connectivity index (χ2v) is 9.75. The van der Waals surface area contributed by atoms with Gasteiger partial charge in [0.15, 0.2) is 0 Å². The summed E-state index contributed by atoms with van der Waals surface area (Å²) in [4.78, 5) is 13.5.